The highest BCUT2D eigenvalue weighted by molar-refractivity contribution is 5.82. The highest BCUT2D eigenvalue weighted by Gasteiger charge is 2.33. The van der Waals surface area contributed by atoms with Crippen molar-refractivity contribution in [3.05, 3.63) is 52.8 Å². The second kappa shape index (κ2) is 5.02. The van der Waals surface area contributed by atoms with E-state index in [-0.39, 0.29) is 5.56 Å². The van der Waals surface area contributed by atoms with Crippen molar-refractivity contribution in [2.45, 2.75) is 19.8 Å². The van der Waals surface area contributed by atoms with Crippen molar-refractivity contribution in [3.8, 4) is 5.82 Å². The van der Waals surface area contributed by atoms with Gasteiger partial charge in [-0.2, -0.15) is 4.68 Å². The Labute approximate surface area is 143 Å². The number of hydrogen-bond acceptors (Lipinski definition) is 4. The number of imidazole rings is 1. The normalized spacial score (nSPS) is 19.8. The van der Waals surface area contributed by atoms with E-state index in [9.17, 15) is 4.79 Å². The molecule has 0 saturated heterocycles. The van der Waals surface area contributed by atoms with Gasteiger partial charge in [0.15, 0.2) is 11.5 Å². The zero-order chi connectivity index (χ0) is 17.1. The van der Waals surface area contributed by atoms with Gasteiger partial charge in [-0.25, -0.2) is 4.98 Å². The predicted octanol–water partition coefficient (Wildman–Crippen LogP) is 1.97. The number of aryl methyl sites for hydroxylation is 1. The summed E-state index contributed by atoms with van der Waals surface area (Å²) in [5.41, 5.74) is 2.48. The van der Waals surface area contributed by atoms with Gasteiger partial charge in [0, 0.05) is 7.05 Å². The molecule has 7 nitrogen and oxygen atoms in total. The SMILES string of the molecule is CC1CC1Cc1cn(-c2ncn3c4ccccc4c(=O)n(C)c23)nn1. The average molecular weight is 334 g/mol. The maximum absolute atomic E-state index is 12.7. The standard InChI is InChI=1S/C18H18N6O/c1-11-7-12(11)8-13-9-24(21-20-13)16-17-22(2)18(25)14-5-3-4-6-15(14)23(17)10-19-16/h3-6,9-12H,7-8H2,1-2H3. The van der Waals surface area contributed by atoms with Gasteiger partial charge in [0.1, 0.15) is 6.33 Å². The summed E-state index contributed by atoms with van der Waals surface area (Å²) in [5, 5.41) is 9.20. The highest BCUT2D eigenvalue weighted by atomic mass is 16.1. The van der Waals surface area contributed by atoms with Gasteiger partial charge in [0.2, 0.25) is 0 Å². The molecule has 0 radical (unpaired) electrons. The fourth-order valence-corrected chi connectivity index (χ4v) is 3.57. The van der Waals surface area contributed by atoms with Crippen LogP contribution in [0.5, 0.6) is 0 Å². The molecule has 0 spiro atoms. The Kier molecular flexibility index (Phi) is 2.89. The molecule has 0 N–H and O–H groups in total. The van der Waals surface area contributed by atoms with Crippen molar-refractivity contribution in [3.63, 3.8) is 0 Å². The van der Waals surface area contributed by atoms with E-state index in [4.69, 9.17) is 0 Å². The van der Waals surface area contributed by atoms with Crippen LogP contribution < -0.4 is 5.56 Å². The van der Waals surface area contributed by atoms with Crippen molar-refractivity contribution in [2.75, 3.05) is 0 Å². The molecule has 0 aliphatic heterocycles. The lowest BCUT2D eigenvalue weighted by molar-refractivity contribution is 0.723. The minimum atomic E-state index is -0.0445. The van der Waals surface area contributed by atoms with Crippen LogP contribution in [-0.2, 0) is 13.5 Å². The highest BCUT2D eigenvalue weighted by Crippen LogP contribution is 2.39. The fraction of sp³-hybridized carbons (Fsp3) is 0.333. The molecule has 1 aliphatic rings. The van der Waals surface area contributed by atoms with Crippen molar-refractivity contribution in [2.24, 2.45) is 18.9 Å². The van der Waals surface area contributed by atoms with E-state index in [1.165, 1.54) is 6.42 Å². The Morgan fingerprint density at radius 1 is 1.28 bits per heavy atom. The molecule has 3 heterocycles. The van der Waals surface area contributed by atoms with Gasteiger partial charge in [0.25, 0.3) is 5.56 Å². The summed E-state index contributed by atoms with van der Waals surface area (Å²) in [7, 11) is 1.76. The van der Waals surface area contributed by atoms with Crippen LogP contribution in [0.4, 0.5) is 0 Å². The van der Waals surface area contributed by atoms with E-state index < -0.39 is 0 Å². The fourth-order valence-electron chi connectivity index (χ4n) is 3.57. The second-order valence-electron chi connectivity index (χ2n) is 6.97. The van der Waals surface area contributed by atoms with Crippen molar-refractivity contribution in [1.29, 1.82) is 0 Å². The lowest BCUT2D eigenvalue weighted by Crippen LogP contribution is -2.20. The van der Waals surface area contributed by atoms with Gasteiger partial charge in [-0.3, -0.25) is 13.8 Å². The number of hydrogen-bond donors (Lipinski definition) is 0. The molecule has 1 aliphatic carbocycles. The Morgan fingerprint density at radius 3 is 2.88 bits per heavy atom. The van der Waals surface area contributed by atoms with Crippen LogP contribution in [-0.4, -0.2) is 28.9 Å². The van der Waals surface area contributed by atoms with Gasteiger partial charge < -0.3 is 0 Å². The Hall–Kier alpha value is -2.96. The topological polar surface area (TPSA) is 70.0 Å². The van der Waals surface area contributed by atoms with Crippen molar-refractivity contribution in [1.82, 2.24) is 28.9 Å². The predicted molar refractivity (Wildman–Crippen MR) is 93.8 cm³/mol. The van der Waals surface area contributed by atoms with Crippen LogP contribution in [0.15, 0.2) is 41.6 Å². The lowest BCUT2D eigenvalue weighted by atomic mass is 10.2. The molecule has 126 valence electrons. The number of aromatic nitrogens is 6. The van der Waals surface area contributed by atoms with Crippen molar-refractivity contribution < 1.29 is 0 Å². The van der Waals surface area contributed by atoms with Crippen LogP contribution in [0.2, 0.25) is 0 Å². The first-order valence-electron chi connectivity index (χ1n) is 8.50. The molecule has 2 unspecified atom stereocenters. The summed E-state index contributed by atoms with van der Waals surface area (Å²) in [6.07, 6.45) is 5.87. The molecule has 2 atom stereocenters. The van der Waals surface area contributed by atoms with E-state index in [0.717, 1.165) is 29.5 Å². The van der Waals surface area contributed by atoms with Crippen LogP contribution in [0.25, 0.3) is 22.4 Å². The number of rotatable bonds is 3. The van der Waals surface area contributed by atoms with Gasteiger partial charge in [-0.05, 0) is 36.8 Å². The summed E-state index contributed by atoms with van der Waals surface area (Å²) in [6.45, 7) is 2.26. The third kappa shape index (κ3) is 2.12. The van der Waals surface area contributed by atoms with E-state index in [0.29, 0.717) is 16.9 Å². The summed E-state index contributed by atoms with van der Waals surface area (Å²) in [6, 6.07) is 7.55. The first-order valence-corrected chi connectivity index (χ1v) is 8.50. The summed E-state index contributed by atoms with van der Waals surface area (Å²) < 4.78 is 5.22. The zero-order valence-electron chi connectivity index (χ0n) is 14.1. The van der Waals surface area contributed by atoms with Gasteiger partial charge >= 0.3 is 0 Å². The van der Waals surface area contributed by atoms with E-state index in [1.807, 2.05) is 34.9 Å². The van der Waals surface area contributed by atoms with E-state index in [2.05, 4.69) is 22.2 Å². The van der Waals surface area contributed by atoms with Gasteiger partial charge in [-0.1, -0.05) is 24.3 Å². The smallest absolute Gasteiger partial charge is 0.261 e. The van der Waals surface area contributed by atoms with E-state index in [1.54, 1.807) is 22.6 Å². The third-order valence-electron chi connectivity index (χ3n) is 5.25. The van der Waals surface area contributed by atoms with Crippen LogP contribution in [0, 0.1) is 11.8 Å². The molecule has 0 amide bonds. The largest absolute Gasteiger partial charge is 0.294 e. The third-order valence-corrected chi connectivity index (χ3v) is 5.25. The zero-order valence-corrected chi connectivity index (χ0v) is 14.1. The van der Waals surface area contributed by atoms with E-state index >= 15 is 0 Å². The minimum absolute atomic E-state index is 0.0445. The van der Waals surface area contributed by atoms with Crippen molar-refractivity contribution >= 4 is 16.6 Å². The molecule has 1 fully saturated rings. The molecular formula is C18H18N6O. The Balaban J connectivity index is 1.68. The molecule has 1 saturated carbocycles. The summed E-state index contributed by atoms with van der Waals surface area (Å²) in [4.78, 5) is 17.2. The van der Waals surface area contributed by atoms with Gasteiger partial charge in [0.05, 0.1) is 22.8 Å². The summed E-state index contributed by atoms with van der Waals surface area (Å²) in [5.74, 6) is 2.12. The quantitative estimate of drug-likeness (QED) is 0.574. The first kappa shape index (κ1) is 14.4. The van der Waals surface area contributed by atoms with Crippen LogP contribution in [0.1, 0.15) is 19.0 Å². The molecule has 7 heteroatoms. The number of benzene rings is 1. The Bertz CT molecular complexity index is 1170. The molecule has 25 heavy (non-hydrogen) atoms. The molecule has 1 aromatic carbocycles. The van der Waals surface area contributed by atoms with Crippen LogP contribution in [0.3, 0.4) is 0 Å². The van der Waals surface area contributed by atoms with Gasteiger partial charge in [-0.15, -0.1) is 5.10 Å². The minimum Gasteiger partial charge on any atom is -0.294 e. The monoisotopic (exact) mass is 334 g/mol. The lowest BCUT2D eigenvalue weighted by Gasteiger charge is -2.07. The molecule has 5 rings (SSSR count). The number of fused-ring (bicyclic) bond motifs is 3. The molecular weight excluding hydrogens is 316 g/mol. The second-order valence-corrected chi connectivity index (χ2v) is 6.97. The maximum atomic E-state index is 12.7. The molecule has 3 aromatic heterocycles. The molecule has 4 aromatic rings. The Morgan fingerprint density at radius 2 is 2.08 bits per heavy atom. The number of nitrogens with zero attached hydrogens (tertiary/aromatic N) is 6. The number of para-hydroxylation sites is 1. The average Bonchev–Trinajstić information content (AvgIpc) is 3.04. The summed E-state index contributed by atoms with van der Waals surface area (Å²) >= 11 is 0. The maximum Gasteiger partial charge on any atom is 0.261 e. The van der Waals surface area contributed by atoms with Crippen LogP contribution >= 0.6 is 0 Å². The molecule has 0 bridgehead atoms. The first-order chi connectivity index (χ1) is 12.1.